The molecule has 21 heavy (non-hydrogen) atoms. The van der Waals surface area contributed by atoms with Crippen LogP contribution in [0.15, 0.2) is 54.6 Å². The van der Waals surface area contributed by atoms with Crippen molar-refractivity contribution in [2.45, 2.75) is 19.0 Å². The van der Waals surface area contributed by atoms with Gasteiger partial charge in [-0.15, -0.1) is 0 Å². The predicted octanol–water partition coefficient (Wildman–Crippen LogP) is 2.18. The number of rotatable bonds is 4. The summed E-state index contributed by atoms with van der Waals surface area (Å²) in [6.07, 6.45) is 0.260. The molecule has 0 fully saturated rings. The lowest BCUT2D eigenvalue weighted by molar-refractivity contribution is -0.121. The smallest absolute Gasteiger partial charge is 0.252 e. The fraction of sp³-hybridized carbons (Fsp3) is 0.176. The Morgan fingerprint density at radius 1 is 1.05 bits per heavy atom. The molecule has 1 aliphatic rings. The molecule has 0 unspecified atom stereocenters. The summed E-state index contributed by atoms with van der Waals surface area (Å²) in [5.41, 5.74) is 2.62. The second kappa shape index (κ2) is 5.79. The quantitative estimate of drug-likeness (QED) is 0.902. The molecule has 4 heteroatoms. The highest BCUT2D eigenvalue weighted by Crippen LogP contribution is 2.27. The molecule has 0 saturated carbocycles. The lowest BCUT2D eigenvalue weighted by Crippen LogP contribution is -2.28. The van der Waals surface area contributed by atoms with Crippen molar-refractivity contribution >= 4 is 11.8 Å². The fourth-order valence-corrected chi connectivity index (χ4v) is 2.54. The van der Waals surface area contributed by atoms with E-state index in [9.17, 15) is 9.59 Å². The van der Waals surface area contributed by atoms with Gasteiger partial charge in [0.2, 0.25) is 5.91 Å². The number of nitrogens with one attached hydrogen (secondary N) is 2. The summed E-state index contributed by atoms with van der Waals surface area (Å²) in [4.78, 5) is 23.8. The van der Waals surface area contributed by atoms with Crippen LogP contribution in [-0.4, -0.2) is 11.8 Å². The van der Waals surface area contributed by atoms with Crippen molar-refractivity contribution in [3.63, 3.8) is 0 Å². The van der Waals surface area contributed by atoms with Gasteiger partial charge in [0.05, 0.1) is 12.5 Å². The molecular formula is C17H16N2O2. The molecule has 2 aromatic rings. The standard InChI is InChI=1S/C17H16N2O2/c20-16(18-11-12-6-2-1-3-7-12)10-15-13-8-4-5-9-14(13)17(21)19-15/h1-9,15H,10-11H2,(H,18,20)(H,19,21)/t15-/m0/s1. The molecule has 0 saturated heterocycles. The van der Waals surface area contributed by atoms with Crippen LogP contribution in [0, 0.1) is 0 Å². The van der Waals surface area contributed by atoms with Crippen LogP contribution >= 0.6 is 0 Å². The number of hydrogen-bond donors (Lipinski definition) is 2. The average Bonchev–Trinajstić information content (AvgIpc) is 2.83. The monoisotopic (exact) mass is 280 g/mol. The molecule has 1 aliphatic heterocycles. The van der Waals surface area contributed by atoms with Crippen LogP contribution in [0.2, 0.25) is 0 Å². The van der Waals surface area contributed by atoms with Crippen molar-refractivity contribution in [1.82, 2.24) is 10.6 Å². The van der Waals surface area contributed by atoms with E-state index in [0.717, 1.165) is 11.1 Å². The summed E-state index contributed by atoms with van der Waals surface area (Å²) in [6.45, 7) is 0.502. The Morgan fingerprint density at radius 3 is 2.57 bits per heavy atom. The van der Waals surface area contributed by atoms with Gasteiger partial charge in [0.1, 0.15) is 0 Å². The molecule has 4 nitrogen and oxygen atoms in total. The van der Waals surface area contributed by atoms with Gasteiger partial charge in [-0.3, -0.25) is 9.59 Å². The zero-order valence-corrected chi connectivity index (χ0v) is 11.5. The first-order valence-electron chi connectivity index (χ1n) is 6.94. The number of amides is 2. The Bertz CT molecular complexity index is 668. The summed E-state index contributed by atoms with van der Waals surface area (Å²) in [5.74, 6) is -0.174. The van der Waals surface area contributed by atoms with E-state index < -0.39 is 0 Å². The SMILES string of the molecule is O=C(C[C@@H]1NC(=O)c2ccccc21)NCc1ccccc1. The molecule has 0 aliphatic carbocycles. The first kappa shape index (κ1) is 13.4. The molecule has 106 valence electrons. The van der Waals surface area contributed by atoms with E-state index >= 15 is 0 Å². The van der Waals surface area contributed by atoms with E-state index in [1.807, 2.05) is 48.5 Å². The van der Waals surface area contributed by atoms with Gasteiger partial charge in [-0.25, -0.2) is 0 Å². The van der Waals surface area contributed by atoms with Gasteiger partial charge >= 0.3 is 0 Å². The van der Waals surface area contributed by atoms with Crippen molar-refractivity contribution in [1.29, 1.82) is 0 Å². The van der Waals surface area contributed by atoms with E-state index in [4.69, 9.17) is 0 Å². The third kappa shape index (κ3) is 2.94. The third-order valence-corrected chi connectivity index (χ3v) is 3.61. The molecule has 0 bridgehead atoms. The molecule has 2 amide bonds. The minimum absolute atomic E-state index is 0.0687. The van der Waals surface area contributed by atoms with E-state index in [1.165, 1.54) is 0 Å². The normalized spacial score (nSPS) is 16.2. The van der Waals surface area contributed by atoms with Gasteiger partial charge in [-0.2, -0.15) is 0 Å². The third-order valence-electron chi connectivity index (χ3n) is 3.61. The Morgan fingerprint density at radius 2 is 1.76 bits per heavy atom. The molecule has 0 radical (unpaired) electrons. The van der Waals surface area contributed by atoms with Crippen LogP contribution in [0.5, 0.6) is 0 Å². The summed E-state index contributed by atoms with van der Waals surface area (Å²) >= 11 is 0. The van der Waals surface area contributed by atoms with Crippen LogP contribution in [0.4, 0.5) is 0 Å². The minimum Gasteiger partial charge on any atom is -0.352 e. The van der Waals surface area contributed by atoms with Gasteiger partial charge in [0.25, 0.3) is 5.91 Å². The lowest BCUT2D eigenvalue weighted by atomic mass is 10.0. The number of fused-ring (bicyclic) bond motifs is 1. The minimum atomic E-state index is -0.232. The van der Waals surface area contributed by atoms with Gasteiger partial charge in [-0.05, 0) is 17.2 Å². The number of carbonyl (C=O) groups excluding carboxylic acids is 2. The molecule has 3 rings (SSSR count). The number of carbonyl (C=O) groups is 2. The van der Waals surface area contributed by atoms with Gasteiger partial charge in [0.15, 0.2) is 0 Å². The van der Waals surface area contributed by atoms with Gasteiger partial charge in [-0.1, -0.05) is 48.5 Å². The zero-order valence-electron chi connectivity index (χ0n) is 11.5. The van der Waals surface area contributed by atoms with Crippen molar-refractivity contribution in [3.8, 4) is 0 Å². The molecule has 2 N–H and O–H groups in total. The highest BCUT2D eigenvalue weighted by molar-refractivity contribution is 5.99. The summed E-state index contributed by atoms with van der Waals surface area (Å²) in [6, 6.07) is 16.9. The second-order valence-electron chi connectivity index (χ2n) is 5.08. The first-order valence-corrected chi connectivity index (χ1v) is 6.94. The maximum Gasteiger partial charge on any atom is 0.252 e. The van der Waals surface area contributed by atoms with Crippen molar-refractivity contribution in [3.05, 3.63) is 71.3 Å². The topological polar surface area (TPSA) is 58.2 Å². The fourth-order valence-electron chi connectivity index (χ4n) is 2.54. The van der Waals surface area contributed by atoms with Crippen molar-refractivity contribution in [2.75, 3.05) is 0 Å². The summed E-state index contributed by atoms with van der Waals surface area (Å²) in [5, 5.41) is 5.73. The predicted molar refractivity (Wildman–Crippen MR) is 79.6 cm³/mol. The van der Waals surface area contributed by atoms with Crippen molar-refractivity contribution < 1.29 is 9.59 Å². The van der Waals surface area contributed by atoms with E-state index in [1.54, 1.807) is 6.07 Å². The van der Waals surface area contributed by atoms with E-state index in [-0.39, 0.29) is 24.3 Å². The molecule has 1 heterocycles. The largest absolute Gasteiger partial charge is 0.352 e. The lowest BCUT2D eigenvalue weighted by Gasteiger charge is -2.12. The Kier molecular flexibility index (Phi) is 3.69. The molecule has 1 atom stereocenters. The molecule has 2 aromatic carbocycles. The Hall–Kier alpha value is -2.62. The van der Waals surface area contributed by atoms with Crippen molar-refractivity contribution in [2.24, 2.45) is 0 Å². The Labute approximate surface area is 123 Å². The summed E-state index contributed by atoms with van der Waals surface area (Å²) < 4.78 is 0. The Balaban J connectivity index is 1.60. The maximum atomic E-state index is 12.0. The van der Waals surface area contributed by atoms with Crippen LogP contribution < -0.4 is 10.6 Å². The second-order valence-corrected chi connectivity index (χ2v) is 5.08. The average molecular weight is 280 g/mol. The highest BCUT2D eigenvalue weighted by Gasteiger charge is 2.29. The summed E-state index contributed by atoms with van der Waals surface area (Å²) in [7, 11) is 0. The number of hydrogen-bond acceptors (Lipinski definition) is 2. The molecule has 0 aromatic heterocycles. The maximum absolute atomic E-state index is 12.0. The van der Waals surface area contributed by atoms with Crippen LogP contribution in [-0.2, 0) is 11.3 Å². The van der Waals surface area contributed by atoms with Gasteiger partial charge < -0.3 is 10.6 Å². The zero-order chi connectivity index (χ0) is 14.7. The van der Waals surface area contributed by atoms with Gasteiger partial charge in [0, 0.05) is 12.1 Å². The highest BCUT2D eigenvalue weighted by atomic mass is 16.2. The van der Waals surface area contributed by atoms with E-state index in [0.29, 0.717) is 12.1 Å². The first-order chi connectivity index (χ1) is 10.2. The van der Waals surface area contributed by atoms with Crippen LogP contribution in [0.1, 0.15) is 33.9 Å². The van der Waals surface area contributed by atoms with Crippen LogP contribution in [0.3, 0.4) is 0 Å². The number of benzene rings is 2. The molecular weight excluding hydrogens is 264 g/mol. The molecule has 0 spiro atoms. The van der Waals surface area contributed by atoms with E-state index in [2.05, 4.69) is 10.6 Å². The van der Waals surface area contributed by atoms with Crippen LogP contribution in [0.25, 0.3) is 0 Å².